The zero-order chi connectivity index (χ0) is 10.6. The van der Waals surface area contributed by atoms with Crippen molar-refractivity contribution < 1.29 is 23.7 Å². The molecule has 0 aliphatic carbocycles. The second-order valence-electron chi connectivity index (χ2n) is 2.19. The quantitative estimate of drug-likeness (QED) is 0.243. The van der Waals surface area contributed by atoms with E-state index in [1.165, 1.54) is 0 Å². The van der Waals surface area contributed by atoms with Gasteiger partial charge in [-0.15, -0.1) is 0 Å². The SMILES string of the molecule is O=CCOCCNOC(=O)CCSO. The number of hydrogen-bond donors (Lipinski definition) is 2. The first kappa shape index (κ1) is 13.4. The van der Waals surface area contributed by atoms with Crippen LogP contribution in [0.2, 0.25) is 0 Å². The molecule has 0 aliphatic heterocycles. The summed E-state index contributed by atoms with van der Waals surface area (Å²) in [5.74, 6) is -0.135. The number of carbonyl (C=O) groups is 2. The molecule has 0 aromatic carbocycles. The lowest BCUT2D eigenvalue weighted by Crippen LogP contribution is -2.24. The fraction of sp³-hybridized carbons (Fsp3) is 0.714. The van der Waals surface area contributed by atoms with Crippen molar-refractivity contribution in [3.8, 4) is 0 Å². The number of hydroxylamine groups is 1. The van der Waals surface area contributed by atoms with Gasteiger partial charge in [-0.3, -0.25) is 4.79 Å². The highest BCUT2D eigenvalue weighted by molar-refractivity contribution is 7.93. The smallest absolute Gasteiger partial charge is 0.325 e. The van der Waals surface area contributed by atoms with Crippen molar-refractivity contribution in [2.45, 2.75) is 6.42 Å². The number of aldehydes is 1. The fourth-order valence-corrected chi connectivity index (χ4v) is 0.815. The molecule has 0 rings (SSSR count). The maximum absolute atomic E-state index is 10.8. The van der Waals surface area contributed by atoms with Gasteiger partial charge in [-0.2, -0.15) is 5.48 Å². The Balaban J connectivity index is 3.10. The zero-order valence-corrected chi connectivity index (χ0v) is 8.42. The van der Waals surface area contributed by atoms with Crippen LogP contribution in [0.25, 0.3) is 0 Å². The highest BCUT2D eigenvalue weighted by atomic mass is 32.2. The number of rotatable bonds is 9. The van der Waals surface area contributed by atoms with Crippen LogP contribution in [-0.4, -0.2) is 42.3 Å². The maximum atomic E-state index is 10.8. The van der Waals surface area contributed by atoms with E-state index in [1.54, 1.807) is 0 Å². The summed E-state index contributed by atoms with van der Waals surface area (Å²) in [7, 11) is 0. The van der Waals surface area contributed by atoms with Crippen LogP contribution in [0.15, 0.2) is 0 Å². The Morgan fingerprint density at radius 2 is 2.36 bits per heavy atom. The highest BCUT2D eigenvalue weighted by Gasteiger charge is 2.01. The average Bonchev–Trinajstić information content (AvgIpc) is 2.20. The molecule has 0 unspecified atom stereocenters. The Morgan fingerprint density at radius 1 is 1.57 bits per heavy atom. The molecule has 0 fully saturated rings. The first-order valence-corrected chi connectivity index (χ1v) is 4.95. The minimum Gasteiger partial charge on any atom is -0.373 e. The summed E-state index contributed by atoms with van der Waals surface area (Å²) in [6.07, 6.45) is 0.786. The molecule has 2 N–H and O–H groups in total. The summed E-state index contributed by atoms with van der Waals surface area (Å²) in [5.41, 5.74) is 2.37. The molecule has 14 heavy (non-hydrogen) atoms. The molecule has 0 saturated carbocycles. The van der Waals surface area contributed by atoms with Gasteiger partial charge in [0.1, 0.15) is 12.9 Å². The number of ether oxygens (including phenoxy) is 1. The van der Waals surface area contributed by atoms with E-state index in [0.29, 0.717) is 37.2 Å². The molecule has 0 bridgehead atoms. The first-order chi connectivity index (χ1) is 6.81. The van der Waals surface area contributed by atoms with E-state index >= 15 is 0 Å². The Kier molecular flexibility index (Phi) is 9.98. The standard InChI is InChI=1S/C7H13NO5S/c9-3-5-12-4-2-8-13-7(10)1-6-14-11/h3,8,11H,1-2,4-6H2. The zero-order valence-electron chi connectivity index (χ0n) is 7.60. The molecule has 0 aliphatic rings. The lowest BCUT2D eigenvalue weighted by Gasteiger charge is -2.04. The predicted molar refractivity (Wildman–Crippen MR) is 50.7 cm³/mol. The monoisotopic (exact) mass is 223 g/mol. The predicted octanol–water partition coefficient (Wildman–Crippen LogP) is -0.154. The summed E-state index contributed by atoms with van der Waals surface area (Å²) in [6, 6.07) is 0. The molecular formula is C7H13NO5S. The lowest BCUT2D eigenvalue weighted by atomic mass is 10.5. The molecular weight excluding hydrogens is 210 g/mol. The van der Waals surface area contributed by atoms with Crippen molar-refractivity contribution in [2.75, 3.05) is 25.5 Å². The summed E-state index contributed by atoms with van der Waals surface area (Å²) in [6.45, 7) is 0.656. The molecule has 0 amide bonds. The minimum absolute atomic E-state index is 0.0385. The molecule has 0 heterocycles. The van der Waals surface area contributed by atoms with Crippen LogP contribution < -0.4 is 5.48 Å². The second kappa shape index (κ2) is 10.5. The van der Waals surface area contributed by atoms with Gasteiger partial charge in [-0.25, -0.2) is 0 Å². The topological polar surface area (TPSA) is 84.9 Å². The van der Waals surface area contributed by atoms with E-state index < -0.39 is 5.97 Å². The minimum atomic E-state index is -0.443. The summed E-state index contributed by atoms with van der Waals surface area (Å²) in [5, 5.41) is 0. The number of nitrogens with one attached hydrogen (secondary N) is 1. The van der Waals surface area contributed by atoms with Gasteiger partial charge in [0, 0.05) is 5.75 Å². The van der Waals surface area contributed by atoms with Crippen molar-refractivity contribution in [1.29, 1.82) is 0 Å². The van der Waals surface area contributed by atoms with Crippen molar-refractivity contribution in [1.82, 2.24) is 5.48 Å². The van der Waals surface area contributed by atoms with Crippen LogP contribution in [0.4, 0.5) is 0 Å². The van der Waals surface area contributed by atoms with Gasteiger partial charge in [0.2, 0.25) is 0 Å². The molecule has 82 valence electrons. The van der Waals surface area contributed by atoms with E-state index in [1.807, 2.05) is 0 Å². The highest BCUT2D eigenvalue weighted by Crippen LogP contribution is 1.95. The van der Waals surface area contributed by atoms with Gasteiger partial charge in [-0.05, 0) is 12.0 Å². The molecule has 0 saturated heterocycles. The molecule has 6 nitrogen and oxygen atoms in total. The van der Waals surface area contributed by atoms with Gasteiger partial charge in [0.05, 0.1) is 19.6 Å². The molecule has 0 atom stereocenters. The van der Waals surface area contributed by atoms with Crippen molar-refractivity contribution in [3.63, 3.8) is 0 Å². The maximum Gasteiger partial charge on any atom is 0.325 e. The lowest BCUT2D eigenvalue weighted by molar-refractivity contribution is -0.151. The van der Waals surface area contributed by atoms with Gasteiger partial charge >= 0.3 is 5.97 Å². The summed E-state index contributed by atoms with van der Waals surface area (Å²) >= 11 is 0.588. The third-order valence-electron chi connectivity index (χ3n) is 1.12. The van der Waals surface area contributed by atoms with Crippen LogP contribution in [0.5, 0.6) is 0 Å². The Morgan fingerprint density at radius 3 is 3.00 bits per heavy atom. The van der Waals surface area contributed by atoms with Crippen LogP contribution in [0.1, 0.15) is 6.42 Å². The normalized spacial score (nSPS) is 9.79. The third kappa shape index (κ3) is 9.46. The molecule has 0 aromatic heterocycles. The molecule has 0 spiro atoms. The largest absolute Gasteiger partial charge is 0.373 e. The average molecular weight is 223 g/mol. The van der Waals surface area contributed by atoms with E-state index in [2.05, 4.69) is 10.3 Å². The van der Waals surface area contributed by atoms with E-state index in [-0.39, 0.29) is 13.0 Å². The fourth-order valence-electron chi connectivity index (χ4n) is 0.557. The van der Waals surface area contributed by atoms with Crippen LogP contribution in [-0.2, 0) is 19.2 Å². The van der Waals surface area contributed by atoms with Crippen molar-refractivity contribution in [3.05, 3.63) is 0 Å². The van der Waals surface area contributed by atoms with Crippen LogP contribution in [0.3, 0.4) is 0 Å². The van der Waals surface area contributed by atoms with E-state index in [9.17, 15) is 9.59 Å². The van der Waals surface area contributed by atoms with Gasteiger partial charge in [-0.1, -0.05) is 0 Å². The van der Waals surface area contributed by atoms with Gasteiger partial charge in [0.15, 0.2) is 0 Å². The Bertz CT molecular complexity index is 166. The van der Waals surface area contributed by atoms with E-state index in [4.69, 9.17) is 9.29 Å². The van der Waals surface area contributed by atoms with Crippen LogP contribution >= 0.6 is 12.0 Å². The Hall–Kier alpha value is -0.630. The van der Waals surface area contributed by atoms with Gasteiger partial charge in [0.25, 0.3) is 0 Å². The van der Waals surface area contributed by atoms with Crippen molar-refractivity contribution in [2.24, 2.45) is 0 Å². The number of hydrogen-bond acceptors (Lipinski definition) is 7. The third-order valence-corrected chi connectivity index (χ3v) is 1.50. The Labute approximate surface area is 86.1 Å². The van der Waals surface area contributed by atoms with Crippen LogP contribution in [0, 0.1) is 0 Å². The first-order valence-electron chi connectivity index (χ1n) is 4.01. The number of carbonyl (C=O) groups excluding carboxylic acids is 2. The second-order valence-corrected chi connectivity index (χ2v) is 2.86. The molecule has 7 heteroatoms. The molecule has 0 aromatic rings. The summed E-state index contributed by atoms with van der Waals surface area (Å²) < 4.78 is 13.1. The van der Waals surface area contributed by atoms with Gasteiger partial charge < -0.3 is 18.9 Å². The van der Waals surface area contributed by atoms with E-state index in [0.717, 1.165) is 0 Å². The van der Waals surface area contributed by atoms with Crippen molar-refractivity contribution >= 4 is 24.3 Å². The molecule has 0 radical (unpaired) electrons. The summed E-state index contributed by atoms with van der Waals surface area (Å²) in [4.78, 5) is 25.1.